The van der Waals surface area contributed by atoms with Crippen molar-refractivity contribution in [3.63, 3.8) is 0 Å². The first-order valence-electron chi connectivity index (χ1n) is 5.46. The number of carbonyl (C=O) groups is 1. The van der Waals surface area contributed by atoms with Crippen LogP contribution in [0.5, 0.6) is 0 Å². The smallest absolute Gasteiger partial charge is 0.335 e. The minimum absolute atomic E-state index is 0.297. The summed E-state index contributed by atoms with van der Waals surface area (Å²) in [5.41, 5.74) is 8.79. The van der Waals surface area contributed by atoms with E-state index in [0.29, 0.717) is 11.3 Å². The van der Waals surface area contributed by atoms with Crippen molar-refractivity contribution in [1.82, 2.24) is 0 Å². The van der Waals surface area contributed by atoms with Gasteiger partial charge in [0.2, 0.25) is 0 Å². The second-order valence-corrected chi connectivity index (χ2v) is 4.55. The van der Waals surface area contributed by atoms with Gasteiger partial charge in [-0.25, -0.2) is 4.79 Å². The lowest BCUT2D eigenvalue weighted by molar-refractivity contribution is 0.0697. The van der Waals surface area contributed by atoms with Gasteiger partial charge in [0.15, 0.2) is 0 Å². The van der Waals surface area contributed by atoms with E-state index in [4.69, 9.17) is 10.8 Å². The van der Waals surface area contributed by atoms with Crippen LogP contribution in [0.25, 0.3) is 0 Å². The molecule has 2 aromatic carbocycles. The molecule has 0 aliphatic heterocycles. The standard InChI is InChI=1S/C14H13NO2S/c15-12-6-3-10(8-13(12)18)7-9-1-4-11(5-2-9)14(16)17/h1-6,8,18H,7,15H2,(H,16,17). The molecule has 0 amide bonds. The molecule has 0 saturated carbocycles. The summed E-state index contributed by atoms with van der Waals surface area (Å²) in [7, 11) is 0. The van der Waals surface area contributed by atoms with Crippen LogP contribution in [-0.4, -0.2) is 11.1 Å². The van der Waals surface area contributed by atoms with E-state index in [1.807, 2.05) is 30.3 Å². The summed E-state index contributed by atoms with van der Waals surface area (Å²) in [6, 6.07) is 12.5. The number of nitrogens with two attached hydrogens (primary N) is 1. The van der Waals surface area contributed by atoms with Crippen molar-refractivity contribution in [2.24, 2.45) is 0 Å². The zero-order valence-electron chi connectivity index (χ0n) is 9.63. The summed E-state index contributed by atoms with van der Waals surface area (Å²) in [4.78, 5) is 11.5. The third kappa shape index (κ3) is 2.84. The zero-order chi connectivity index (χ0) is 13.1. The second kappa shape index (κ2) is 5.14. The highest BCUT2D eigenvalue weighted by Crippen LogP contribution is 2.20. The Hall–Kier alpha value is -1.94. The average molecular weight is 259 g/mol. The number of rotatable bonds is 3. The molecule has 0 fully saturated rings. The van der Waals surface area contributed by atoms with Crippen molar-refractivity contribution in [1.29, 1.82) is 0 Å². The normalized spacial score (nSPS) is 10.3. The summed E-state index contributed by atoms with van der Waals surface area (Å²) in [5, 5.41) is 8.81. The second-order valence-electron chi connectivity index (χ2n) is 4.07. The number of aromatic carboxylic acids is 1. The third-order valence-corrected chi connectivity index (χ3v) is 3.09. The number of anilines is 1. The number of hydrogen-bond acceptors (Lipinski definition) is 3. The first-order valence-corrected chi connectivity index (χ1v) is 5.90. The van der Waals surface area contributed by atoms with Gasteiger partial charge in [0.1, 0.15) is 0 Å². The summed E-state index contributed by atoms with van der Waals surface area (Å²) in [6.45, 7) is 0. The lowest BCUT2D eigenvalue weighted by atomic mass is 10.0. The molecule has 0 aliphatic rings. The van der Waals surface area contributed by atoms with Gasteiger partial charge in [-0.2, -0.15) is 0 Å². The molecule has 0 bridgehead atoms. The van der Waals surface area contributed by atoms with Crippen LogP contribution in [0.1, 0.15) is 21.5 Å². The van der Waals surface area contributed by atoms with Crippen LogP contribution in [0.2, 0.25) is 0 Å². The van der Waals surface area contributed by atoms with Crippen molar-refractivity contribution < 1.29 is 9.90 Å². The van der Waals surface area contributed by atoms with Crippen molar-refractivity contribution >= 4 is 24.3 Å². The van der Waals surface area contributed by atoms with Crippen molar-refractivity contribution in [3.8, 4) is 0 Å². The molecule has 4 heteroatoms. The predicted molar refractivity (Wildman–Crippen MR) is 74.3 cm³/mol. The summed E-state index contributed by atoms with van der Waals surface area (Å²) in [5.74, 6) is -0.910. The molecule has 0 saturated heterocycles. The Kier molecular flexibility index (Phi) is 3.58. The Labute approximate surface area is 111 Å². The van der Waals surface area contributed by atoms with Gasteiger partial charge >= 0.3 is 5.97 Å². The highest BCUT2D eigenvalue weighted by Gasteiger charge is 2.03. The lowest BCUT2D eigenvalue weighted by Gasteiger charge is -2.05. The van der Waals surface area contributed by atoms with Gasteiger partial charge in [-0.3, -0.25) is 0 Å². The molecule has 92 valence electrons. The van der Waals surface area contributed by atoms with Crippen LogP contribution in [0.15, 0.2) is 47.4 Å². The molecule has 2 aromatic rings. The van der Waals surface area contributed by atoms with E-state index in [1.54, 1.807) is 12.1 Å². The molecular formula is C14H13NO2S. The summed E-state index contributed by atoms with van der Waals surface area (Å²) >= 11 is 4.27. The number of benzene rings is 2. The Morgan fingerprint density at radius 3 is 2.28 bits per heavy atom. The van der Waals surface area contributed by atoms with Gasteiger partial charge in [0.05, 0.1) is 5.56 Å². The highest BCUT2D eigenvalue weighted by atomic mass is 32.1. The highest BCUT2D eigenvalue weighted by molar-refractivity contribution is 7.80. The molecule has 0 heterocycles. The van der Waals surface area contributed by atoms with E-state index >= 15 is 0 Å². The number of carboxylic acids is 1. The van der Waals surface area contributed by atoms with Gasteiger partial charge in [-0.1, -0.05) is 18.2 Å². The number of thiol groups is 1. The van der Waals surface area contributed by atoms with E-state index in [1.165, 1.54) is 0 Å². The molecule has 0 spiro atoms. The average Bonchev–Trinajstić information content (AvgIpc) is 2.34. The van der Waals surface area contributed by atoms with E-state index in [2.05, 4.69) is 12.6 Å². The van der Waals surface area contributed by atoms with Crippen LogP contribution in [0, 0.1) is 0 Å². The molecule has 0 radical (unpaired) electrons. The van der Waals surface area contributed by atoms with Gasteiger partial charge in [-0.15, -0.1) is 12.6 Å². The van der Waals surface area contributed by atoms with E-state index in [-0.39, 0.29) is 0 Å². The molecular weight excluding hydrogens is 246 g/mol. The maximum absolute atomic E-state index is 10.7. The van der Waals surface area contributed by atoms with E-state index in [0.717, 1.165) is 22.4 Å². The number of hydrogen-bond donors (Lipinski definition) is 3. The van der Waals surface area contributed by atoms with Gasteiger partial charge in [-0.05, 0) is 41.8 Å². The van der Waals surface area contributed by atoms with Crippen molar-refractivity contribution in [2.75, 3.05) is 5.73 Å². The van der Waals surface area contributed by atoms with Crippen molar-refractivity contribution in [3.05, 3.63) is 59.2 Å². The fourth-order valence-electron chi connectivity index (χ4n) is 1.70. The van der Waals surface area contributed by atoms with Crippen LogP contribution in [-0.2, 0) is 6.42 Å². The number of carboxylic acid groups (broad SMARTS) is 1. The van der Waals surface area contributed by atoms with E-state index in [9.17, 15) is 4.79 Å². The fraction of sp³-hybridized carbons (Fsp3) is 0.0714. The predicted octanol–water partition coefficient (Wildman–Crippen LogP) is 2.85. The maximum atomic E-state index is 10.7. The van der Waals surface area contributed by atoms with Gasteiger partial charge in [0.25, 0.3) is 0 Å². The monoisotopic (exact) mass is 259 g/mol. The Bertz CT molecular complexity index is 579. The molecule has 2 rings (SSSR count). The molecule has 18 heavy (non-hydrogen) atoms. The van der Waals surface area contributed by atoms with Crippen LogP contribution < -0.4 is 5.73 Å². The topological polar surface area (TPSA) is 63.3 Å². The first-order chi connectivity index (χ1) is 8.56. The van der Waals surface area contributed by atoms with Crippen LogP contribution in [0.3, 0.4) is 0 Å². The van der Waals surface area contributed by atoms with E-state index < -0.39 is 5.97 Å². The Morgan fingerprint density at radius 2 is 1.72 bits per heavy atom. The molecule has 0 aromatic heterocycles. The summed E-state index contributed by atoms with van der Waals surface area (Å²) < 4.78 is 0. The zero-order valence-corrected chi connectivity index (χ0v) is 10.5. The summed E-state index contributed by atoms with van der Waals surface area (Å²) in [6.07, 6.45) is 0.730. The third-order valence-electron chi connectivity index (χ3n) is 2.70. The minimum Gasteiger partial charge on any atom is -0.478 e. The molecule has 0 aliphatic carbocycles. The van der Waals surface area contributed by atoms with Crippen molar-refractivity contribution in [2.45, 2.75) is 11.3 Å². The largest absolute Gasteiger partial charge is 0.478 e. The SMILES string of the molecule is Nc1ccc(Cc2ccc(C(=O)O)cc2)cc1S. The molecule has 3 nitrogen and oxygen atoms in total. The first kappa shape index (κ1) is 12.5. The molecule has 0 atom stereocenters. The molecule has 0 unspecified atom stereocenters. The maximum Gasteiger partial charge on any atom is 0.335 e. The minimum atomic E-state index is -0.910. The number of nitrogen functional groups attached to an aromatic ring is 1. The van der Waals surface area contributed by atoms with Crippen LogP contribution >= 0.6 is 12.6 Å². The van der Waals surface area contributed by atoms with Gasteiger partial charge in [0, 0.05) is 10.6 Å². The Balaban J connectivity index is 2.18. The van der Waals surface area contributed by atoms with Gasteiger partial charge < -0.3 is 10.8 Å². The van der Waals surface area contributed by atoms with Crippen LogP contribution in [0.4, 0.5) is 5.69 Å². The molecule has 3 N–H and O–H groups in total. The fourth-order valence-corrected chi connectivity index (χ4v) is 1.94. The quantitative estimate of drug-likeness (QED) is 0.586. The Morgan fingerprint density at radius 1 is 1.11 bits per heavy atom. The lowest BCUT2D eigenvalue weighted by Crippen LogP contribution is -1.97.